The molecule has 0 aliphatic carbocycles. The predicted molar refractivity (Wildman–Crippen MR) is 91.1 cm³/mol. The smallest absolute Gasteiger partial charge is 0.317 e. The van der Waals surface area contributed by atoms with Gasteiger partial charge in [0, 0.05) is 44.6 Å². The summed E-state index contributed by atoms with van der Waals surface area (Å²) in [7, 11) is 0. The van der Waals surface area contributed by atoms with Crippen LogP contribution in [0.4, 0.5) is 15.0 Å². The van der Waals surface area contributed by atoms with Crippen molar-refractivity contribution in [1.82, 2.24) is 20.2 Å². The van der Waals surface area contributed by atoms with Crippen molar-refractivity contribution in [3.05, 3.63) is 48.7 Å². The molecule has 1 saturated heterocycles. The number of piperazine rings is 1. The number of aromatic nitrogens is 2. The first-order valence-corrected chi connectivity index (χ1v) is 8.14. The van der Waals surface area contributed by atoms with E-state index in [0.717, 1.165) is 5.82 Å². The molecule has 1 aliphatic heterocycles. The van der Waals surface area contributed by atoms with Gasteiger partial charge in [-0.25, -0.2) is 14.2 Å². The number of ether oxygens (including phenoxy) is 1. The Balaban J connectivity index is 1.37. The minimum Gasteiger partial charge on any atom is -0.492 e. The maximum Gasteiger partial charge on any atom is 0.317 e. The van der Waals surface area contributed by atoms with Gasteiger partial charge < -0.3 is 19.9 Å². The SMILES string of the molecule is O=C(NCCOc1cccc(F)c1)N1CCN(c2cnccn2)CC1. The van der Waals surface area contributed by atoms with E-state index in [4.69, 9.17) is 4.74 Å². The molecular formula is C17H20FN5O2. The summed E-state index contributed by atoms with van der Waals surface area (Å²) < 4.78 is 18.4. The molecular weight excluding hydrogens is 325 g/mol. The minimum atomic E-state index is -0.345. The summed E-state index contributed by atoms with van der Waals surface area (Å²) in [5.74, 6) is 0.931. The van der Waals surface area contributed by atoms with E-state index in [1.807, 2.05) is 0 Å². The van der Waals surface area contributed by atoms with E-state index in [9.17, 15) is 9.18 Å². The predicted octanol–water partition coefficient (Wildman–Crippen LogP) is 1.53. The Labute approximate surface area is 145 Å². The van der Waals surface area contributed by atoms with Crippen LogP contribution in [0, 0.1) is 5.82 Å². The van der Waals surface area contributed by atoms with Crippen molar-refractivity contribution >= 4 is 11.8 Å². The van der Waals surface area contributed by atoms with Gasteiger partial charge in [-0.05, 0) is 12.1 Å². The lowest BCUT2D eigenvalue weighted by Gasteiger charge is -2.35. The van der Waals surface area contributed by atoms with Gasteiger partial charge in [0.1, 0.15) is 24.0 Å². The van der Waals surface area contributed by atoms with E-state index in [2.05, 4.69) is 20.2 Å². The number of hydrogen-bond donors (Lipinski definition) is 1. The van der Waals surface area contributed by atoms with Gasteiger partial charge in [0.25, 0.3) is 0 Å². The maximum atomic E-state index is 13.0. The topological polar surface area (TPSA) is 70.6 Å². The van der Waals surface area contributed by atoms with Gasteiger partial charge >= 0.3 is 6.03 Å². The van der Waals surface area contributed by atoms with Crippen molar-refractivity contribution < 1.29 is 13.9 Å². The number of urea groups is 1. The number of amides is 2. The van der Waals surface area contributed by atoms with Crippen LogP contribution in [0.25, 0.3) is 0 Å². The Bertz CT molecular complexity index is 692. The summed E-state index contributed by atoms with van der Waals surface area (Å²) in [6, 6.07) is 5.81. The van der Waals surface area contributed by atoms with E-state index >= 15 is 0 Å². The van der Waals surface area contributed by atoms with Crippen LogP contribution in [0.5, 0.6) is 5.75 Å². The molecule has 25 heavy (non-hydrogen) atoms. The van der Waals surface area contributed by atoms with Crippen LogP contribution in [-0.4, -0.2) is 60.2 Å². The molecule has 1 aliphatic rings. The zero-order valence-corrected chi connectivity index (χ0v) is 13.8. The zero-order chi connectivity index (χ0) is 17.5. The Hall–Kier alpha value is -2.90. The molecule has 8 heteroatoms. The second-order valence-electron chi connectivity index (χ2n) is 5.58. The second-order valence-corrected chi connectivity index (χ2v) is 5.58. The Morgan fingerprint density at radius 2 is 2.08 bits per heavy atom. The van der Waals surface area contributed by atoms with Gasteiger partial charge in [-0.15, -0.1) is 0 Å². The van der Waals surface area contributed by atoms with E-state index in [-0.39, 0.29) is 18.5 Å². The number of rotatable bonds is 5. The van der Waals surface area contributed by atoms with E-state index in [1.165, 1.54) is 12.1 Å². The second kappa shape index (κ2) is 8.27. The van der Waals surface area contributed by atoms with Crippen molar-refractivity contribution in [1.29, 1.82) is 0 Å². The molecule has 1 aromatic carbocycles. The highest BCUT2D eigenvalue weighted by atomic mass is 19.1. The number of nitrogens with one attached hydrogen (secondary N) is 1. The summed E-state index contributed by atoms with van der Waals surface area (Å²) in [6.45, 7) is 3.31. The van der Waals surface area contributed by atoms with E-state index in [1.54, 1.807) is 35.6 Å². The van der Waals surface area contributed by atoms with Crippen molar-refractivity contribution in [2.75, 3.05) is 44.2 Å². The highest BCUT2D eigenvalue weighted by Crippen LogP contribution is 2.12. The average molecular weight is 345 g/mol. The lowest BCUT2D eigenvalue weighted by molar-refractivity contribution is 0.191. The highest BCUT2D eigenvalue weighted by Gasteiger charge is 2.21. The molecule has 1 N–H and O–H groups in total. The van der Waals surface area contributed by atoms with Crippen LogP contribution in [0.15, 0.2) is 42.9 Å². The number of halogens is 1. The summed E-state index contributed by atoms with van der Waals surface area (Å²) >= 11 is 0. The van der Waals surface area contributed by atoms with Gasteiger partial charge in [0.05, 0.1) is 12.7 Å². The fourth-order valence-corrected chi connectivity index (χ4v) is 2.59. The first-order valence-electron chi connectivity index (χ1n) is 8.14. The van der Waals surface area contributed by atoms with Gasteiger partial charge in [-0.2, -0.15) is 0 Å². The molecule has 3 rings (SSSR count). The molecule has 2 aromatic rings. The number of hydrogen-bond acceptors (Lipinski definition) is 5. The molecule has 1 fully saturated rings. The number of carbonyl (C=O) groups is 1. The van der Waals surface area contributed by atoms with Crippen molar-refractivity contribution in [2.24, 2.45) is 0 Å². The molecule has 0 bridgehead atoms. The Kier molecular flexibility index (Phi) is 5.61. The van der Waals surface area contributed by atoms with Crippen molar-refractivity contribution in [3.63, 3.8) is 0 Å². The lowest BCUT2D eigenvalue weighted by atomic mass is 10.3. The summed E-state index contributed by atoms with van der Waals surface area (Å²) in [6.07, 6.45) is 5.02. The van der Waals surface area contributed by atoms with Crippen LogP contribution < -0.4 is 15.0 Å². The normalized spacial score (nSPS) is 14.3. The molecule has 132 valence electrons. The van der Waals surface area contributed by atoms with Crippen LogP contribution in [0.2, 0.25) is 0 Å². The fraction of sp³-hybridized carbons (Fsp3) is 0.353. The van der Waals surface area contributed by atoms with E-state index < -0.39 is 0 Å². The van der Waals surface area contributed by atoms with Crippen LogP contribution in [-0.2, 0) is 0 Å². The molecule has 1 aromatic heterocycles. The Morgan fingerprint density at radius 1 is 1.24 bits per heavy atom. The van der Waals surface area contributed by atoms with Gasteiger partial charge in [0.2, 0.25) is 0 Å². The average Bonchev–Trinajstić information content (AvgIpc) is 2.66. The van der Waals surface area contributed by atoms with Crippen LogP contribution in [0.3, 0.4) is 0 Å². The largest absolute Gasteiger partial charge is 0.492 e. The van der Waals surface area contributed by atoms with Gasteiger partial charge in [-0.3, -0.25) is 4.98 Å². The molecule has 2 amide bonds. The zero-order valence-electron chi connectivity index (χ0n) is 13.8. The molecule has 0 spiro atoms. The summed E-state index contributed by atoms with van der Waals surface area (Å²) in [5, 5.41) is 2.81. The third-order valence-electron chi connectivity index (χ3n) is 3.88. The molecule has 7 nitrogen and oxygen atoms in total. The Morgan fingerprint density at radius 3 is 2.80 bits per heavy atom. The molecule has 2 heterocycles. The third kappa shape index (κ3) is 4.79. The van der Waals surface area contributed by atoms with Crippen molar-refractivity contribution in [3.8, 4) is 5.75 Å². The standard InChI is InChI=1S/C17H20FN5O2/c18-14-2-1-3-15(12-14)25-11-6-21-17(24)23-9-7-22(8-10-23)16-13-19-4-5-20-16/h1-5,12-13H,6-11H2,(H,21,24). The first-order chi connectivity index (χ1) is 12.2. The van der Waals surface area contributed by atoms with E-state index in [0.29, 0.717) is 38.5 Å². The molecule has 0 radical (unpaired) electrons. The monoisotopic (exact) mass is 345 g/mol. The third-order valence-corrected chi connectivity index (χ3v) is 3.88. The van der Waals surface area contributed by atoms with Gasteiger partial charge in [-0.1, -0.05) is 6.07 Å². The first kappa shape index (κ1) is 16.9. The number of benzene rings is 1. The quantitative estimate of drug-likeness (QED) is 0.832. The molecule has 0 unspecified atom stereocenters. The van der Waals surface area contributed by atoms with Gasteiger partial charge in [0.15, 0.2) is 0 Å². The fourth-order valence-electron chi connectivity index (χ4n) is 2.59. The molecule has 0 atom stereocenters. The maximum absolute atomic E-state index is 13.0. The summed E-state index contributed by atoms with van der Waals surface area (Å²) in [5.41, 5.74) is 0. The number of anilines is 1. The van der Waals surface area contributed by atoms with Crippen LogP contribution >= 0.6 is 0 Å². The minimum absolute atomic E-state index is 0.123. The number of carbonyl (C=O) groups excluding carboxylic acids is 1. The summed E-state index contributed by atoms with van der Waals surface area (Å²) in [4.78, 5) is 24.3. The van der Waals surface area contributed by atoms with Crippen molar-refractivity contribution in [2.45, 2.75) is 0 Å². The highest BCUT2D eigenvalue weighted by molar-refractivity contribution is 5.74. The lowest BCUT2D eigenvalue weighted by Crippen LogP contribution is -2.52. The van der Waals surface area contributed by atoms with Crippen LogP contribution in [0.1, 0.15) is 0 Å². The number of nitrogens with zero attached hydrogens (tertiary/aromatic N) is 4. The molecule has 0 saturated carbocycles.